The summed E-state index contributed by atoms with van der Waals surface area (Å²) in [6.07, 6.45) is 2.14. The van der Waals surface area contributed by atoms with Crippen LogP contribution in [-0.4, -0.2) is 50.0 Å². The van der Waals surface area contributed by atoms with E-state index < -0.39 is 28.5 Å². The third-order valence-corrected chi connectivity index (χ3v) is 8.52. The summed E-state index contributed by atoms with van der Waals surface area (Å²) in [6, 6.07) is 21.7. The zero-order valence-corrected chi connectivity index (χ0v) is 25.2. The van der Waals surface area contributed by atoms with Crippen LogP contribution in [0.5, 0.6) is 0 Å². The summed E-state index contributed by atoms with van der Waals surface area (Å²) in [7, 11) is -3.81. The van der Waals surface area contributed by atoms with Crippen LogP contribution >= 0.6 is 0 Å². The molecule has 0 aliphatic rings. The fraction of sp³-hybridized carbons (Fsp3) is 0.375. The van der Waals surface area contributed by atoms with Gasteiger partial charge in [-0.15, -0.1) is 0 Å². The van der Waals surface area contributed by atoms with Gasteiger partial charge in [-0.3, -0.25) is 13.9 Å². The Morgan fingerprint density at radius 1 is 0.875 bits per heavy atom. The number of rotatable bonds is 12. The molecule has 1 N–H and O–H groups in total. The van der Waals surface area contributed by atoms with E-state index in [0.29, 0.717) is 12.1 Å². The predicted octanol–water partition coefficient (Wildman–Crippen LogP) is 4.93. The van der Waals surface area contributed by atoms with Crippen LogP contribution < -0.4 is 9.62 Å². The SMILES string of the molecule is CC[C@H](C)NC(=O)[C@H](Cc1ccccc1)N(Cc1ccccc1C)C(=O)CN(c1cccc(C)c1C)S(C)(=O)=O. The van der Waals surface area contributed by atoms with Crippen molar-refractivity contribution in [1.82, 2.24) is 10.2 Å². The summed E-state index contributed by atoms with van der Waals surface area (Å²) in [4.78, 5) is 29.5. The smallest absolute Gasteiger partial charge is 0.244 e. The van der Waals surface area contributed by atoms with E-state index in [2.05, 4.69) is 5.32 Å². The van der Waals surface area contributed by atoms with Crippen molar-refractivity contribution in [3.05, 3.63) is 101 Å². The molecule has 40 heavy (non-hydrogen) atoms. The van der Waals surface area contributed by atoms with Crippen molar-refractivity contribution in [3.63, 3.8) is 0 Å². The van der Waals surface area contributed by atoms with E-state index in [1.807, 2.05) is 95.3 Å². The van der Waals surface area contributed by atoms with Crippen LogP contribution in [0.4, 0.5) is 5.69 Å². The van der Waals surface area contributed by atoms with Gasteiger partial charge in [0.2, 0.25) is 21.8 Å². The van der Waals surface area contributed by atoms with E-state index in [9.17, 15) is 18.0 Å². The lowest BCUT2D eigenvalue weighted by Gasteiger charge is -2.34. The molecule has 0 unspecified atom stereocenters. The van der Waals surface area contributed by atoms with Gasteiger partial charge in [0.05, 0.1) is 11.9 Å². The molecule has 0 heterocycles. The van der Waals surface area contributed by atoms with Crippen LogP contribution in [0.1, 0.15) is 48.1 Å². The maximum Gasteiger partial charge on any atom is 0.244 e. The van der Waals surface area contributed by atoms with Crippen molar-refractivity contribution in [2.45, 2.75) is 66.1 Å². The van der Waals surface area contributed by atoms with Gasteiger partial charge in [-0.05, 0) is 68.0 Å². The van der Waals surface area contributed by atoms with Gasteiger partial charge in [-0.2, -0.15) is 0 Å². The van der Waals surface area contributed by atoms with E-state index in [0.717, 1.165) is 44.8 Å². The topological polar surface area (TPSA) is 86.8 Å². The van der Waals surface area contributed by atoms with Crippen LogP contribution in [0.25, 0.3) is 0 Å². The third-order valence-electron chi connectivity index (χ3n) is 7.40. The molecule has 0 aliphatic heterocycles. The molecule has 0 fully saturated rings. The highest BCUT2D eigenvalue weighted by Gasteiger charge is 2.34. The number of hydrogen-bond donors (Lipinski definition) is 1. The molecule has 3 aromatic carbocycles. The van der Waals surface area contributed by atoms with Gasteiger partial charge < -0.3 is 10.2 Å². The lowest BCUT2D eigenvalue weighted by atomic mass is 10.0. The second-order valence-electron chi connectivity index (χ2n) is 10.5. The van der Waals surface area contributed by atoms with Crippen molar-refractivity contribution in [2.24, 2.45) is 0 Å². The number of benzene rings is 3. The maximum absolute atomic E-state index is 14.2. The fourth-order valence-electron chi connectivity index (χ4n) is 4.57. The first-order valence-corrected chi connectivity index (χ1v) is 15.5. The number of sulfonamides is 1. The van der Waals surface area contributed by atoms with Crippen LogP contribution in [0.15, 0.2) is 72.8 Å². The normalized spacial score (nSPS) is 12.8. The molecule has 0 spiro atoms. The molecule has 3 aromatic rings. The second-order valence-corrected chi connectivity index (χ2v) is 12.4. The van der Waals surface area contributed by atoms with E-state index in [1.165, 1.54) is 4.90 Å². The molecular weight excluding hydrogens is 522 g/mol. The van der Waals surface area contributed by atoms with Gasteiger partial charge in [0.1, 0.15) is 12.6 Å². The molecule has 0 radical (unpaired) electrons. The minimum Gasteiger partial charge on any atom is -0.352 e. The van der Waals surface area contributed by atoms with E-state index in [4.69, 9.17) is 0 Å². The first kappa shape index (κ1) is 30.9. The van der Waals surface area contributed by atoms with Crippen LogP contribution in [0, 0.1) is 20.8 Å². The lowest BCUT2D eigenvalue weighted by Crippen LogP contribution is -2.54. The van der Waals surface area contributed by atoms with Crippen LogP contribution in [0.3, 0.4) is 0 Å². The van der Waals surface area contributed by atoms with Gasteiger partial charge >= 0.3 is 0 Å². The lowest BCUT2D eigenvalue weighted by molar-refractivity contribution is -0.140. The summed E-state index contributed by atoms with van der Waals surface area (Å²) in [5.41, 5.74) is 4.93. The van der Waals surface area contributed by atoms with Gasteiger partial charge in [0.25, 0.3) is 0 Å². The number of hydrogen-bond acceptors (Lipinski definition) is 4. The zero-order chi connectivity index (χ0) is 29.4. The molecule has 8 heteroatoms. The second kappa shape index (κ2) is 13.6. The van der Waals surface area contributed by atoms with Crippen molar-refractivity contribution < 1.29 is 18.0 Å². The molecule has 2 amide bonds. The zero-order valence-electron chi connectivity index (χ0n) is 24.3. The van der Waals surface area contributed by atoms with Crippen molar-refractivity contribution in [1.29, 1.82) is 0 Å². The summed E-state index contributed by atoms with van der Waals surface area (Å²) in [5.74, 6) is -0.715. The Labute approximate surface area is 239 Å². The standard InChI is InChI=1S/C32H41N3O4S/c1-7-25(4)33-32(37)30(20-27-16-9-8-10-17-27)34(21-28-18-12-11-14-24(28)3)31(36)22-35(40(6,38)39)29-19-13-15-23(2)26(29)5/h8-19,25,30H,7,20-22H2,1-6H3,(H,33,37)/t25-,30-/m0/s1. The highest BCUT2D eigenvalue weighted by atomic mass is 32.2. The van der Waals surface area contributed by atoms with Crippen LogP contribution in [-0.2, 0) is 32.6 Å². The molecule has 0 bridgehead atoms. The first-order chi connectivity index (χ1) is 18.9. The Bertz CT molecular complexity index is 1420. The van der Waals surface area contributed by atoms with Crippen molar-refractivity contribution in [2.75, 3.05) is 17.1 Å². The molecule has 0 aliphatic carbocycles. The highest BCUT2D eigenvalue weighted by Crippen LogP contribution is 2.26. The summed E-state index contributed by atoms with van der Waals surface area (Å²) in [5, 5.41) is 3.05. The molecule has 2 atom stereocenters. The average Bonchev–Trinajstić information content (AvgIpc) is 2.91. The summed E-state index contributed by atoms with van der Waals surface area (Å²) >= 11 is 0. The quantitative estimate of drug-likeness (QED) is 0.339. The number of nitrogens with one attached hydrogen (secondary N) is 1. The number of carbonyl (C=O) groups is 2. The highest BCUT2D eigenvalue weighted by molar-refractivity contribution is 7.92. The number of nitrogens with zero attached hydrogens (tertiary/aromatic N) is 2. The van der Waals surface area contributed by atoms with Crippen molar-refractivity contribution >= 4 is 27.5 Å². The van der Waals surface area contributed by atoms with Gasteiger partial charge in [-0.25, -0.2) is 8.42 Å². The Balaban J connectivity index is 2.10. The van der Waals surface area contributed by atoms with Gasteiger partial charge in [0.15, 0.2) is 0 Å². The molecular formula is C32H41N3O4S. The van der Waals surface area contributed by atoms with E-state index >= 15 is 0 Å². The minimum absolute atomic E-state index is 0.0800. The largest absolute Gasteiger partial charge is 0.352 e. The third kappa shape index (κ3) is 7.94. The average molecular weight is 564 g/mol. The molecule has 7 nitrogen and oxygen atoms in total. The number of anilines is 1. The Kier molecular flexibility index (Phi) is 10.5. The molecule has 0 saturated carbocycles. The fourth-order valence-corrected chi connectivity index (χ4v) is 5.47. The Hall–Kier alpha value is -3.65. The molecule has 0 aromatic heterocycles. The van der Waals surface area contributed by atoms with Crippen LogP contribution in [0.2, 0.25) is 0 Å². The van der Waals surface area contributed by atoms with E-state index in [1.54, 1.807) is 12.1 Å². The summed E-state index contributed by atoms with van der Waals surface area (Å²) in [6.45, 7) is 9.37. The van der Waals surface area contributed by atoms with E-state index in [-0.39, 0.29) is 18.5 Å². The maximum atomic E-state index is 14.2. The Morgan fingerprint density at radius 3 is 2.12 bits per heavy atom. The predicted molar refractivity (Wildman–Crippen MR) is 162 cm³/mol. The van der Waals surface area contributed by atoms with Gasteiger partial charge in [-0.1, -0.05) is 73.7 Å². The number of carbonyl (C=O) groups excluding carboxylic acids is 2. The first-order valence-electron chi connectivity index (χ1n) is 13.6. The molecule has 0 saturated heterocycles. The monoisotopic (exact) mass is 563 g/mol. The number of amides is 2. The van der Waals surface area contributed by atoms with Crippen molar-refractivity contribution in [3.8, 4) is 0 Å². The Morgan fingerprint density at radius 2 is 1.50 bits per heavy atom. The molecule has 214 valence electrons. The molecule has 3 rings (SSSR count). The minimum atomic E-state index is -3.81. The van der Waals surface area contributed by atoms with Gasteiger partial charge in [0, 0.05) is 19.0 Å². The number of aryl methyl sites for hydroxylation is 2. The summed E-state index contributed by atoms with van der Waals surface area (Å²) < 4.78 is 27.2.